The molecule has 0 saturated carbocycles. The highest BCUT2D eigenvalue weighted by atomic mass is 127. The Morgan fingerprint density at radius 1 is 1.28 bits per heavy atom. The van der Waals surface area contributed by atoms with E-state index in [4.69, 9.17) is 16.3 Å². The molecule has 1 aliphatic heterocycles. The Kier molecular flexibility index (Phi) is 9.80. The number of pyridine rings is 1. The fourth-order valence-electron chi connectivity index (χ4n) is 3.45. The number of hydrogen-bond acceptors (Lipinski definition) is 4. The second-order valence-electron chi connectivity index (χ2n) is 6.89. The molecule has 1 saturated heterocycles. The van der Waals surface area contributed by atoms with Gasteiger partial charge in [0.2, 0.25) is 0 Å². The molecule has 2 aromatic rings. The summed E-state index contributed by atoms with van der Waals surface area (Å²) >= 11 is 5.82. The van der Waals surface area contributed by atoms with Crippen molar-refractivity contribution in [3.63, 3.8) is 0 Å². The number of nitrogens with zero attached hydrogens (tertiary/aromatic N) is 3. The normalized spacial score (nSPS) is 16.3. The maximum absolute atomic E-state index is 5.82. The SMILES string of the molecule is CN=C(NCCc1ccc(Cl)nc1)NCC1CCN(c2ccccc2OC)C1.I. The predicted molar refractivity (Wildman–Crippen MR) is 131 cm³/mol. The Bertz CT molecular complexity index is 787. The van der Waals surface area contributed by atoms with Crippen LogP contribution in [0.4, 0.5) is 5.69 Å². The first-order chi connectivity index (χ1) is 13.7. The van der Waals surface area contributed by atoms with E-state index in [9.17, 15) is 0 Å². The van der Waals surface area contributed by atoms with Crippen molar-refractivity contribution in [2.24, 2.45) is 10.9 Å². The lowest BCUT2D eigenvalue weighted by atomic mass is 10.1. The Balaban J connectivity index is 0.00000300. The molecule has 1 aromatic heterocycles. The molecule has 0 spiro atoms. The molecule has 6 nitrogen and oxygen atoms in total. The van der Waals surface area contributed by atoms with E-state index >= 15 is 0 Å². The van der Waals surface area contributed by atoms with Crippen LogP contribution in [0, 0.1) is 5.92 Å². The second-order valence-corrected chi connectivity index (χ2v) is 7.28. The molecular formula is C21H29ClIN5O. The molecule has 1 fully saturated rings. The van der Waals surface area contributed by atoms with Gasteiger partial charge in [0.25, 0.3) is 0 Å². The number of methoxy groups -OCH3 is 1. The number of ether oxygens (including phenoxy) is 1. The van der Waals surface area contributed by atoms with E-state index in [1.54, 1.807) is 14.2 Å². The molecular weight excluding hydrogens is 501 g/mol. The topological polar surface area (TPSA) is 61.8 Å². The maximum Gasteiger partial charge on any atom is 0.190 e. The van der Waals surface area contributed by atoms with Crippen LogP contribution in [0.5, 0.6) is 5.75 Å². The molecule has 0 bridgehead atoms. The third-order valence-electron chi connectivity index (χ3n) is 4.99. The number of guanidine groups is 1. The molecule has 2 N–H and O–H groups in total. The number of para-hydroxylation sites is 2. The minimum atomic E-state index is 0. The van der Waals surface area contributed by atoms with E-state index in [-0.39, 0.29) is 24.0 Å². The average molecular weight is 530 g/mol. The van der Waals surface area contributed by atoms with Crippen LogP contribution in [0.2, 0.25) is 5.15 Å². The van der Waals surface area contributed by atoms with E-state index in [0.717, 1.165) is 56.3 Å². The van der Waals surface area contributed by atoms with E-state index in [1.807, 2.05) is 30.5 Å². The summed E-state index contributed by atoms with van der Waals surface area (Å²) in [5.74, 6) is 2.34. The van der Waals surface area contributed by atoms with E-state index in [0.29, 0.717) is 11.1 Å². The molecule has 2 heterocycles. The highest BCUT2D eigenvalue weighted by Gasteiger charge is 2.24. The molecule has 0 radical (unpaired) electrons. The van der Waals surface area contributed by atoms with Gasteiger partial charge in [-0.2, -0.15) is 0 Å². The quantitative estimate of drug-likeness (QED) is 0.248. The van der Waals surface area contributed by atoms with E-state index < -0.39 is 0 Å². The molecule has 0 aliphatic carbocycles. The van der Waals surface area contributed by atoms with Gasteiger partial charge in [-0.25, -0.2) is 4.98 Å². The van der Waals surface area contributed by atoms with Gasteiger partial charge in [-0.15, -0.1) is 24.0 Å². The van der Waals surface area contributed by atoms with Crippen molar-refractivity contribution in [3.8, 4) is 5.75 Å². The van der Waals surface area contributed by atoms with Crippen LogP contribution >= 0.6 is 35.6 Å². The van der Waals surface area contributed by atoms with Crippen molar-refractivity contribution in [2.75, 3.05) is 45.2 Å². The summed E-state index contributed by atoms with van der Waals surface area (Å²) < 4.78 is 5.50. The fraction of sp³-hybridized carbons (Fsp3) is 0.429. The third kappa shape index (κ3) is 6.92. The number of hydrogen-bond donors (Lipinski definition) is 2. The summed E-state index contributed by atoms with van der Waals surface area (Å²) in [5, 5.41) is 7.33. The predicted octanol–water partition coefficient (Wildman–Crippen LogP) is 3.60. The lowest BCUT2D eigenvalue weighted by Gasteiger charge is -2.21. The zero-order chi connectivity index (χ0) is 19.8. The van der Waals surface area contributed by atoms with Crippen molar-refractivity contribution in [2.45, 2.75) is 12.8 Å². The lowest BCUT2D eigenvalue weighted by Crippen LogP contribution is -2.41. The zero-order valence-electron chi connectivity index (χ0n) is 16.9. The Morgan fingerprint density at radius 2 is 2.10 bits per heavy atom. The van der Waals surface area contributed by atoms with Gasteiger partial charge in [0.1, 0.15) is 10.9 Å². The number of aliphatic imine (C=N–C) groups is 1. The van der Waals surface area contributed by atoms with Gasteiger partial charge >= 0.3 is 0 Å². The highest BCUT2D eigenvalue weighted by Crippen LogP contribution is 2.31. The van der Waals surface area contributed by atoms with Crippen LogP contribution in [0.25, 0.3) is 0 Å². The number of nitrogens with one attached hydrogen (secondary N) is 2. The average Bonchev–Trinajstić information content (AvgIpc) is 3.20. The van der Waals surface area contributed by atoms with E-state index in [2.05, 4.69) is 37.6 Å². The first-order valence-electron chi connectivity index (χ1n) is 9.62. The minimum Gasteiger partial charge on any atom is -0.495 e. The minimum absolute atomic E-state index is 0. The van der Waals surface area contributed by atoms with Gasteiger partial charge in [0.05, 0.1) is 12.8 Å². The summed E-state index contributed by atoms with van der Waals surface area (Å²) in [7, 11) is 3.53. The summed E-state index contributed by atoms with van der Waals surface area (Å²) in [6.07, 6.45) is 3.83. The van der Waals surface area contributed by atoms with Crippen LogP contribution in [0.3, 0.4) is 0 Å². The van der Waals surface area contributed by atoms with Crippen LogP contribution in [0.15, 0.2) is 47.6 Å². The standard InChI is InChI=1S/C21H28ClN5O.HI/c1-23-21(24-11-9-16-7-8-20(22)25-13-16)26-14-17-10-12-27(15-17)18-5-3-4-6-19(18)28-2;/h3-8,13,17H,9-12,14-15H2,1-2H3,(H2,23,24,26);1H. The molecule has 0 amide bonds. The Labute approximate surface area is 195 Å². The van der Waals surface area contributed by atoms with Gasteiger partial charge < -0.3 is 20.3 Å². The number of benzene rings is 1. The fourth-order valence-corrected chi connectivity index (χ4v) is 3.56. The largest absolute Gasteiger partial charge is 0.495 e. The van der Waals surface area contributed by atoms with Crippen molar-refractivity contribution in [1.29, 1.82) is 0 Å². The molecule has 8 heteroatoms. The Hall–Kier alpha value is -1.74. The van der Waals surface area contributed by atoms with Crippen molar-refractivity contribution in [3.05, 3.63) is 53.3 Å². The van der Waals surface area contributed by atoms with E-state index in [1.165, 1.54) is 5.69 Å². The third-order valence-corrected chi connectivity index (χ3v) is 5.21. The summed E-state index contributed by atoms with van der Waals surface area (Å²) in [5.41, 5.74) is 2.32. The van der Waals surface area contributed by atoms with Crippen molar-refractivity contribution >= 4 is 47.2 Å². The lowest BCUT2D eigenvalue weighted by molar-refractivity contribution is 0.414. The first-order valence-corrected chi connectivity index (χ1v) is 10.0. The Morgan fingerprint density at radius 3 is 2.83 bits per heavy atom. The van der Waals surface area contributed by atoms with Gasteiger partial charge in [-0.1, -0.05) is 29.8 Å². The van der Waals surface area contributed by atoms with Crippen molar-refractivity contribution < 1.29 is 4.74 Å². The van der Waals surface area contributed by atoms with Gasteiger partial charge in [0, 0.05) is 39.4 Å². The van der Waals surface area contributed by atoms with Crippen LogP contribution in [0.1, 0.15) is 12.0 Å². The first kappa shape index (κ1) is 23.5. The molecule has 1 unspecified atom stereocenters. The number of rotatable bonds is 7. The highest BCUT2D eigenvalue weighted by molar-refractivity contribution is 14.0. The maximum atomic E-state index is 5.82. The number of anilines is 1. The van der Waals surface area contributed by atoms with Gasteiger partial charge in [-0.3, -0.25) is 4.99 Å². The zero-order valence-corrected chi connectivity index (χ0v) is 20.0. The number of aromatic nitrogens is 1. The molecule has 1 aliphatic rings. The van der Waals surface area contributed by atoms with Gasteiger partial charge in [0.15, 0.2) is 5.96 Å². The second kappa shape index (κ2) is 12.1. The monoisotopic (exact) mass is 529 g/mol. The number of halogens is 2. The smallest absolute Gasteiger partial charge is 0.190 e. The molecule has 29 heavy (non-hydrogen) atoms. The molecule has 1 atom stereocenters. The van der Waals surface area contributed by atoms with Gasteiger partial charge in [-0.05, 0) is 42.5 Å². The van der Waals surface area contributed by atoms with Crippen molar-refractivity contribution in [1.82, 2.24) is 15.6 Å². The van der Waals surface area contributed by atoms with Crippen LogP contribution in [-0.4, -0.2) is 51.3 Å². The molecule has 3 rings (SSSR count). The summed E-state index contributed by atoms with van der Waals surface area (Å²) in [6, 6.07) is 12.0. The molecule has 158 valence electrons. The summed E-state index contributed by atoms with van der Waals surface area (Å²) in [6.45, 7) is 3.75. The van der Waals surface area contributed by atoms with Crippen LogP contribution < -0.4 is 20.3 Å². The molecule has 1 aromatic carbocycles. The summed E-state index contributed by atoms with van der Waals surface area (Å²) in [4.78, 5) is 10.8. The van der Waals surface area contributed by atoms with Crippen LogP contribution in [-0.2, 0) is 6.42 Å².